The van der Waals surface area contributed by atoms with E-state index in [4.69, 9.17) is 32.7 Å². The molecule has 0 saturated heterocycles. The highest BCUT2D eigenvalue weighted by Gasteiger charge is 2.28. The summed E-state index contributed by atoms with van der Waals surface area (Å²) in [6.45, 7) is 3.87. The van der Waals surface area contributed by atoms with Crippen LogP contribution in [0.3, 0.4) is 0 Å². The number of carbonyl (C=O) groups excluding carboxylic acids is 2. The van der Waals surface area contributed by atoms with Crippen LogP contribution in [0, 0.1) is 23.5 Å². The average Bonchev–Trinajstić information content (AvgIpc) is 4.38. The lowest BCUT2D eigenvalue weighted by molar-refractivity contribution is -0.125. The summed E-state index contributed by atoms with van der Waals surface area (Å²) in [5.41, 5.74) is 2.44. The van der Waals surface area contributed by atoms with Gasteiger partial charge in [-0.25, -0.2) is 45.6 Å². The van der Waals surface area contributed by atoms with Crippen LogP contribution in [0.25, 0.3) is 44.1 Å². The fourth-order valence-electron chi connectivity index (χ4n) is 8.31. The third-order valence-electron chi connectivity index (χ3n) is 12.9. The van der Waals surface area contributed by atoms with Gasteiger partial charge >= 0.3 is 0 Å². The minimum atomic E-state index is -4.23. The van der Waals surface area contributed by atoms with Crippen molar-refractivity contribution in [2.75, 3.05) is 23.7 Å². The van der Waals surface area contributed by atoms with E-state index in [0.717, 1.165) is 62.1 Å². The van der Waals surface area contributed by atoms with E-state index in [1.165, 1.54) is 60.5 Å². The van der Waals surface area contributed by atoms with Gasteiger partial charge in [0.25, 0.3) is 31.2 Å². The molecule has 0 bridgehead atoms. The summed E-state index contributed by atoms with van der Waals surface area (Å²) < 4.78 is 97.1. The number of ether oxygens (including phenoxy) is 2. The molecular weight excluding hydrogens is 1120 g/mol. The molecule has 2 amide bonds. The van der Waals surface area contributed by atoms with Crippen LogP contribution in [-0.4, -0.2) is 84.0 Å². The zero-order chi connectivity index (χ0) is 57.2. The van der Waals surface area contributed by atoms with Crippen LogP contribution in [0.4, 0.5) is 20.2 Å². The van der Waals surface area contributed by atoms with Crippen LogP contribution in [0.15, 0.2) is 129 Å². The van der Waals surface area contributed by atoms with Crippen molar-refractivity contribution in [1.82, 2.24) is 39.7 Å². The number of aromatic nitrogens is 6. The van der Waals surface area contributed by atoms with Gasteiger partial charge in [0.05, 0.1) is 70.6 Å². The van der Waals surface area contributed by atoms with Crippen molar-refractivity contribution < 1.29 is 44.7 Å². The van der Waals surface area contributed by atoms with Crippen molar-refractivity contribution in [2.24, 2.45) is 11.8 Å². The maximum atomic E-state index is 13.5. The largest absolute Gasteiger partial charge is 0.480 e. The summed E-state index contributed by atoms with van der Waals surface area (Å²) in [7, 11) is -5.78. The number of amides is 2. The number of rotatable bonds is 18. The number of anilines is 2. The monoisotopic (exact) mass is 1170 g/mol. The van der Waals surface area contributed by atoms with Gasteiger partial charge in [-0.05, 0) is 110 Å². The molecule has 2 fully saturated rings. The van der Waals surface area contributed by atoms with Crippen molar-refractivity contribution in [3.63, 3.8) is 0 Å². The third-order valence-corrected chi connectivity index (χ3v) is 16.6. The van der Waals surface area contributed by atoms with Gasteiger partial charge in [0, 0.05) is 48.7 Å². The normalized spacial score (nSPS) is 14.1. The Morgan fingerprint density at radius 2 is 0.975 bits per heavy atom. The standard InChI is InChI=1S/2C27H25ClFN5O5S/c2*1-15(25(35)32-19-5-6-19)13-34-14-31-22-7-3-16(9-20(22)27(34)36)17-10-23(26(39-2)30-12-17)33-40(37,38)24-8-4-18(29)11-21(24)28/h2*3-4,7-12,14-15,19,33H,5-6,13H2,1-2H3,(H,32,35)/t2*15-/m10/s1. The van der Waals surface area contributed by atoms with Gasteiger partial charge in [-0.2, -0.15) is 0 Å². The highest BCUT2D eigenvalue weighted by atomic mass is 35.5. The Kier molecular flexibility index (Phi) is 16.5. The molecule has 0 aliphatic heterocycles. The summed E-state index contributed by atoms with van der Waals surface area (Å²) in [4.78, 5) is 67.9. The van der Waals surface area contributed by atoms with Gasteiger partial charge in [-0.15, -0.1) is 0 Å². The second-order valence-electron chi connectivity index (χ2n) is 19.2. The van der Waals surface area contributed by atoms with Crippen molar-refractivity contribution in [3.05, 3.63) is 152 Å². The van der Waals surface area contributed by atoms with Crippen LogP contribution in [0.5, 0.6) is 11.8 Å². The maximum Gasteiger partial charge on any atom is 0.263 e. The van der Waals surface area contributed by atoms with E-state index < -0.39 is 43.5 Å². The number of hydrogen-bond donors (Lipinski definition) is 4. The molecule has 2 aliphatic rings. The Morgan fingerprint density at radius 3 is 1.32 bits per heavy atom. The SMILES string of the molecule is COc1ncc(-c2ccc3ncn(C[C@@H](C)C(=O)NC4CC4)c(=O)c3c2)cc1NS(=O)(=O)c1ccc(F)cc1Cl.COc1ncc(-c2ccc3ncn(C[C@H](C)C(=O)NC4CC4)c(=O)c3c2)cc1NS(=O)(=O)c1ccc(F)cc1Cl. The lowest BCUT2D eigenvalue weighted by Gasteiger charge is -2.15. The molecule has 8 aromatic rings. The van der Waals surface area contributed by atoms with Crippen LogP contribution in [0.2, 0.25) is 10.0 Å². The molecule has 4 aromatic carbocycles. The Balaban J connectivity index is 0.000000194. The highest BCUT2D eigenvalue weighted by molar-refractivity contribution is 7.93. The van der Waals surface area contributed by atoms with Gasteiger partial charge in [-0.3, -0.25) is 37.8 Å². The first-order valence-electron chi connectivity index (χ1n) is 24.7. The summed E-state index contributed by atoms with van der Waals surface area (Å²) in [5, 5.41) is 5.97. The first-order chi connectivity index (χ1) is 38.1. The molecule has 0 radical (unpaired) electrons. The maximum absolute atomic E-state index is 13.5. The van der Waals surface area contributed by atoms with Crippen LogP contribution >= 0.6 is 23.2 Å². The zero-order valence-electron chi connectivity index (χ0n) is 43.0. The van der Waals surface area contributed by atoms with Crippen molar-refractivity contribution in [3.8, 4) is 34.0 Å². The minimum Gasteiger partial charge on any atom is -0.480 e. The van der Waals surface area contributed by atoms with Crippen LogP contribution in [0.1, 0.15) is 39.5 Å². The predicted octanol–water partition coefficient (Wildman–Crippen LogP) is 7.95. The van der Waals surface area contributed by atoms with E-state index in [9.17, 15) is 44.8 Å². The topological polar surface area (TPSA) is 265 Å². The molecule has 4 aromatic heterocycles. The number of benzene rings is 4. The molecule has 0 spiro atoms. The molecule has 26 heteroatoms. The highest BCUT2D eigenvalue weighted by Crippen LogP contribution is 2.35. The average molecular weight is 1170 g/mol. The number of methoxy groups -OCH3 is 2. The third kappa shape index (κ3) is 13.0. The van der Waals surface area contributed by atoms with E-state index >= 15 is 0 Å². The number of nitrogens with one attached hydrogen (secondary N) is 4. The van der Waals surface area contributed by atoms with E-state index in [-0.39, 0.29) is 91.1 Å². The Morgan fingerprint density at radius 1 is 0.588 bits per heavy atom. The van der Waals surface area contributed by atoms with Gasteiger partial charge in [0.1, 0.15) is 32.8 Å². The molecule has 2 aliphatic carbocycles. The summed E-state index contributed by atoms with van der Waals surface area (Å²) >= 11 is 11.9. The Bertz CT molecular complexity index is 3850. The molecule has 416 valence electrons. The summed E-state index contributed by atoms with van der Waals surface area (Å²) in [6, 6.07) is 19.4. The molecule has 10 rings (SSSR count). The van der Waals surface area contributed by atoms with E-state index in [2.05, 4.69) is 40.0 Å². The Labute approximate surface area is 466 Å². The molecule has 4 heterocycles. The van der Waals surface area contributed by atoms with Gasteiger partial charge in [0.2, 0.25) is 23.6 Å². The fraction of sp³-hybridized carbons (Fsp3) is 0.259. The summed E-state index contributed by atoms with van der Waals surface area (Å²) in [6.07, 6.45) is 9.69. The van der Waals surface area contributed by atoms with Gasteiger partial charge in [0.15, 0.2) is 0 Å². The second kappa shape index (κ2) is 23.3. The minimum absolute atomic E-state index is 0.00571. The molecule has 80 heavy (non-hydrogen) atoms. The number of fused-ring (bicyclic) bond motifs is 2. The first-order valence-corrected chi connectivity index (χ1v) is 28.5. The predicted molar refractivity (Wildman–Crippen MR) is 297 cm³/mol. The quantitative estimate of drug-likeness (QED) is 0.0636. The smallest absolute Gasteiger partial charge is 0.263 e. The fourth-order valence-corrected chi connectivity index (χ4v) is 11.5. The number of sulfonamides is 2. The molecule has 0 unspecified atom stereocenters. The molecule has 2 saturated carbocycles. The van der Waals surface area contributed by atoms with Gasteiger partial charge in [-0.1, -0.05) is 49.2 Å². The van der Waals surface area contributed by atoms with E-state index in [0.29, 0.717) is 44.1 Å². The van der Waals surface area contributed by atoms with E-state index in [1.54, 1.807) is 50.2 Å². The van der Waals surface area contributed by atoms with Crippen molar-refractivity contribution in [2.45, 2.75) is 74.5 Å². The lowest BCUT2D eigenvalue weighted by atomic mass is 10.0. The zero-order valence-corrected chi connectivity index (χ0v) is 46.2. The lowest BCUT2D eigenvalue weighted by Crippen LogP contribution is -2.35. The molecule has 20 nitrogen and oxygen atoms in total. The number of hydrogen-bond acceptors (Lipinski definition) is 14. The Hall–Kier alpha value is -8.06. The number of nitrogens with zero attached hydrogens (tertiary/aromatic N) is 6. The molecule has 2 atom stereocenters. The van der Waals surface area contributed by atoms with Crippen LogP contribution in [-0.2, 0) is 42.7 Å². The van der Waals surface area contributed by atoms with E-state index in [1.807, 2.05) is 0 Å². The molecular formula is C54H50Cl2F2N10O10S2. The molecule has 4 N–H and O–H groups in total. The number of pyridine rings is 2. The summed E-state index contributed by atoms with van der Waals surface area (Å²) in [5.74, 6) is -2.41. The van der Waals surface area contributed by atoms with Gasteiger partial charge < -0.3 is 20.1 Å². The first kappa shape index (κ1) is 56.7. The van der Waals surface area contributed by atoms with Crippen LogP contribution < -0.4 is 40.7 Å². The number of carbonyl (C=O) groups is 2. The number of halogens is 4. The van der Waals surface area contributed by atoms with Crippen molar-refractivity contribution >= 4 is 88.2 Å². The van der Waals surface area contributed by atoms with Crippen molar-refractivity contribution in [1.29, 1.82) is 0 Å². The second-order valence-corrected chi connectivity index (χ2v) is 23.3.